The second-order valence-electron chi connectivity index (χ2n) is 5.19. The molecule has 5 heteroatoms. The number of aryl methyl sites for hydroxylation is 2. The van der Waals surface area contributed by atoms with E-state index in [1.807, 2.05) is 20.9 Å². The lowest BCUT2D eigenvalue weighted by Gasteiger charge is -2.33. The summed E-state index contributed by atoms with van der Waals surface area (Å²) in [6, 6.07) is 0. The zero-order valence-electron chi connectivity index (χ0n) is 12.1. The first kappa shape index (κ1) is 14.0. The molecule has 0 N–H and O–H groups in total. The third-order valence-electron chi connectivity index (χ3n) is 3.92. The largest absolute Gasteiger partial charge is 0.465 e. The van der Waals surface area contributed by atoms with E-state index in [9.17, 15) is 4.79 Å². The van der Waals surface area contributed by atoms with Crippen molar-refractivity contribution in [1.82, 2.24) is 14.8 Å². The van der Waals surface area contributed by atoms with Crippen molar-refractivity contribution in [3.63, 3.8) is 0 Å². The highest BCUT2D eigenvalue weighted by molar-refractivity contribution is 5.82. The number of rotatable bonds is 4. The normalized spacial score (nSPS) is 18.3. The Hall–Kier alpha value is -1.39. The Labute approximate surface area is 114 Å². The minimum absolute atomic E-state index is 0.132. The van der Waals surface area contributed by atoms with E-state index in [1.54, 1.807) is 4.68 Å². The predicted molar refractivity (Wildman–Crippen MR) is 71.8 cm³/mol. The van der Waals surface area contributed by atoms with Crippen LogP contribution in [0.5, 0.6) is 0 Å². The van der Waals surface area contributed by atoms with Crippen LogP contribution in [0, 0.1) is 0 Å². The predicted octanol–water partition coefficient (Wildman–Crippen LogP) is 2.14. The van der Waals surface area contributed by atoms with Crippen LogP contribution in [-0.2, 0) is 28.4 Å². The second kappa shape index (κ2) is 5.72. The van der Waals surface area contributed by atoms with E-state index in [2.05, 4.69) is 10.1 Å². The van der Waals surface area contributed by atoms with E-state index in [1.165, 1.54) is 6.42 Å². The number of carbonyl (C=O) groups excluding carboxylic acids is 1. The number of hydrogen-bond donors (Lipinski definition) is 0. The van der Waals surface area contributed by atoms with E-state index in [0.29, 0.717) is 6.61 Å². The van der Waals surface area contributed by atoms with Crippen molar-refractivity contribution in [2.24, 2.45) is 7.05 Å². The SMILES string of the molecule is CCOC(=O)C1(c2nc(CC)nn2C)CCCCC1. The summed E-state index contributed by atoms with van der Waals surface area (Å²) in [5.41, 5.74) is -0.580. The zero-order valence-corrected chi connectivity index (χ0v) is 12.1. The molecule has 19 heavy (non-hydrogen) atoms. The topological polar surface area (TPSA) is 57.0 Å². The number of nitrogens with zero attached hydrogens (tertiary/aromatic N) is 3. The molecule has 0 aromatic carbocycles. The van der Waals surface area contributed by atoms with Gasteiger partial charge in [0, 0.05) is 13.5 Å². The quantitative estimate of drug-likeness (QED) is 0.783. The molecule has 5 nitrogen and oxygen atoms in total. The van der Waals surface area contributed by atoms with Gasteiger partial charge in [-0.15, -0.1) is 0 Å². The van der Waals surface area contributed by atoms with Crippen LogP contribution in [0.1, 0.15) is 57.6 Å². The average Bonchev–Trinajstić information content (AvgIpc) is 2.81. The molecular formula is C14H23N3O2. The summed E-state index contributed by atoms with van der Waals surface area (Å²) < 4.78 is 7.08. The minimum Gasteiger partial charge on any atom is -0.465 e. The molecule has 1 heterocycles. The van der Waals surface area contributed by atoms with Gasteiger partial charge in [0.15, 0.2) is 5.82 Å². The third kappa shape index (κ3) is 2.51. The van der Waals surface area contributed by atoms with Gasteiger partial charge in [-0.2, -0.15) is 5.10 Å². The van der Waals surface area contributed by atoms with Gasteiger partial charge in [-0.05, 0) is 19.8 Å². The van der Waals surface area contributed by atoms with Crippen molar-refractivity contribution in [3.05, 3.63) is 11.6 Å². The van der Waals surface area contributed by atoms with Gasteiger partial charge < -0.3 is 4.74 Å². The molecule has 1 aliphatic carbocycles. The lowest BCUT2D eigenvalue weighted by Crippen LogP contribution is -2.41. The van der Waals surface area contributed by atoms with E-state index in [4.69, 9.17) is 4.74 Å². The van der Waals surface area contributed by atoms with Crippen molar-refractivity contribution in [2.75, 3.05) is 6.61 Å². The highest BCUT2D eigenvalue weighted by Gasteiger charge is 2.46. The molecule has 0 radical (unpaired) electrons. The molecule has 0 atom stereocenters. The molecule has 1 aliphatic rings. The fourth-order valence-corrected chi connectivity index (χ4v) is 2.95. The van der Waals surface area contributed by atoms with Gasteiger partial charge in [-0.25, -0.2) is 4.98 Å². The summed E-state index contributed by atoms with van der Waals surface area (Å²) in [5, 5.41) is 4.39. The fraction of sp³-hybridized carbons (Fsp3) is 0.786. The maximum absolute atomic E-state index is 12.5. The highest BCUT2D eigenvalue weighted by Crippen LogP contribution is 2.39. The second-order valence-corrected chi connectivity index (χ2v) is 5.19. The minimum atomic E-state index is -0.580. The van der Waals surface area contributed by atoms with Crippen LogP contribution in [0.3, 0.4) is 0 Å². The van der Waals surface area contributed by atoms with Gasteiger partial charge in [-0.1, -0.05) is 26.2 Å². The van der Waals surface area contributed by atoms with Crippen molar-refractivity contribution < 1.29 is 9.53 Å². The molecule has 0 aliphatic heterocycles. The van der Waals surface area contributed by atoms with Gasteiger partial charge in [-0.3, -0.25) is 9.48 Å². The van der Waals surface area contributed by atoms with Crippen LogP contribution in [0.15, 0.2) is 0 Å². The van der Waals surface area contributed by atoms with E-state index in [-0.39, 0.29) is 5.97 Å². The summed E-state index contributed by atoms with van der Waals surface area (Å²) in [6.07, 6.45) is 5.70. The highest BCUT2D eigenvalue weighted by atomic mass is 16.5. The molecule has 0 bridgehead atoms. The number of ether oxygens (including phenoxy) is 1. The number of esters is 1. The van der Waals surface area contributed by atoms with Crippen molar-refractivity contribution in [3.8, 4) is 0 Å². The number of hydrogen-bond acceptors (Lipinski definition) is 4. The molecule has 1 aromatic rings. The molecule has 1 saturated carbocycles. The maximum atomic E-state index is 12.5. The van der Waals surface area contributed by atoms with Crippen LogP contribution < -0.4 is 0 Å². The molecule has 2 rings (SSSR count). The van der Waals surface area contributed by atoms with Crippen LogP contribution >= 0.6 is 0 Å². The summed E-state index contributed by atoms with van der Waals surface area (Å²) in [7, 11) is 1.87. The third-order valence-corrected chi connectivity index (χ3v) is 3.92. The maximum Gasteiger partial charge on any atom is 0.319 e. The van der Waals surface area contributed by atoms with Gasteiger partial charge in [0.25, 0.3) is 0 Å². The van der Waals surface area contributed by atoms with Crippen molar-refractivity contribution in [1.29, 1.82) is 0 Å². The van der Waals surface area contributed by atoms with E-state index >= 15 is 0 Å². The first-order valence-electron chi connectivity index (χ1n) is 7.21. The van der Waals surface area contributed by atoms with Crippen LogP contribution in [0.25, 0.3) is 0 Å². The first-order chi connectivity index (χ1) is 9.14. The summed E-state index contributed by atoms with van der Waals surface area (Å²) in [5.74, 6) is 1.45. The molecule has 1 aromatic heterocycles. The first-order valence-corrected chi connectivity index (χ1v) is 7.21. The van der Waals surface area contributed by atoms with E-state index in [0.717, 1.165) is 43.8 Å². The zero-order chi connectivity index (χ0) is 13.9. The summed E-state index contributed by atoms with van der Waals surface area (Å²) in [6.45, 7) is 4.29. The molecule has 106 valence electrons. The van der Waals surface area contributed by atoms with E-state index < -0.39 is 5.41 Å². The smallest absolute Gasteiger partial charge is 0.319 e. The Bertz CT molecular complexity index is 448. The molecule has 0 amide bonds. The molecule has 0 spiro atoms. The lowest BCUT2D eigenvalue weighted by atomic mass is 9.73. The molecule has 0 unspecified atom stereocenters. The Kier molecular flexibility index (Phi) is 4.22. The Morgan fingerprint density at radius 1 is 1.32 bits per heavy atom. The Balaban J connectivity index is 2.41. The van der Waals surface area contributed by atoms with Crippen LogP contribution in [0.4, 0.5) is 0 Å². The average molecular weight is 265 g/mol. The van der Waals surface area contributed by atoms with Crippen LogP contribution in [0.2, 0.25) is 0 Å². The summed E-state index contributed by atoms with van der Waals surface area (Å²) in [4.78, 5) is 17.0. The van der Waals surface area contributed by atoms with Crippen LogP contribution in [-0.4, -0.2) is 27.3 Å². The molecule has 1 fully saturated rings. The van der Waals surface area contributed by atoms with Gasteiger partial charge in [0.2, 0.25) is 0 Å². The molecule has 0 saturated heterocycles. The lowest BCUT2D eigenvalue weighted by molar-refractivity contribution is -0.152. The summed E-state index contributed by atoms with van der Waals surface area (Å²) >= 11 is 0. The van der Waals surface area contributed by atoms with Crippen molar-refractivity contribution >= 4 is 5.97 Å². The Morgan fingerprint density at radius 2 is 2.00 bits per heavy atom. The standard InChI is InChI=1S/C14H23N3O2/c1-4-11-15-12(17(3)16-11)14(13(18)19-5-2)9-7-6-8-10-14/h4-10H2,1-3H3. The number of aromatic nitrogens is 3. The number of carbonyl (C=O) groups is 1. The fourth-order valence-electron chi connectivity index (χ4n) is 2.95. The van der Waals surface area contributed by atoms with Gasteiger partial charge in [0.1, 0.15) is 11.2 Å². The molecular weight excluding hydrogens is 242 g/mol. The Morgan fingerprint density at radius 3 is 2.53 bits per heavy atom. The van der Waals surface area contributed by atoms with Gasteiger partial charge >= 0.3 is 5.97 Å². The monoisotopic (exact) mass is 265 g/mol. The van der Waals surface area contributed by atoms with Gasteiger partial charge in [0.05, 0.1) is 6.61 Å². The van der Waals surface area contributed by atoms with Crippen molar-refractivity contribution in [2.45, 2.75) is 57.8 Å².